The molecule has 0 radical (unpaired) electrons. The van der Waals surface area contributed by atoms with Crippen LogP contribution in [0.1, 0.15) is 17.7 Å². The number of halogens is 3. The van der Waals surface area contributed by atoms with Gasteiger partial charge >= 0.3 is 0 Å². The zero-order valence-electron chi connectivity index (χ0n) is 6.89. The molecule has 0 aromatic carbocycles. The molecule has 1 aromatic rings. The van der Waals surface area contributed by atoms with Gasteiger partial charge in [0.05, 0.1) is 5.88 Å². The second-order valence-corrected chi connectivity index (χ2v) is 2.56. The molecule has 0 amide bonds. The summed E-state index contributed by atoms with van der Waals surface area (Å²) in [7, 11) is 1.56. The molecule has 0 bridgehead atoms. The largest absolute Gasteiger partial charge is 0.357 e. The topological polar surface area (TPSA) is 37.8 Å². The van der Waals surface area contributed by atoms with Crippen molar-refractivity contribution in [1.82, 2.24) is 9.97 Å². The number of nitrogens with one attached hydrogen (secondary N) is 1. The third-order valence-electron chi connectivity index (χ3n) is 1.47. The van der Waals surface area contributed by atoms with Crippen molar-refractivity contribution in [3.63, 3.8) is 0 Å². The van der Waals surface area contributed by atoms with Crippen molar-refractivity contribution in [2.24, 2.45) is 0 Å². The monoisotopic (exact) mass is 207 g/mol. The first kappa shape index (κ1) is 10.1. The maximum Gasteiger partial charge on any atom is 0.280 e. The van der Waals surface area contributed by atoms with E-state index in [1.165, 1.54) is 6.20 Å². The summed E-state index contributed by atoms with van der Waals surface area (Å²) in [5, 5.41) is 2.57. The molecule has 1 rings (SSSR count). The molecule has 13 heavy (non-hydrogen) atoms. The maximum absolute atomic E-state index is 12.4. The van der Waals surface area contributed by atoms with Crippen LogP contribution in [0.2, 0.25) is 0 Å². The van der Waals surface area contributed by atoms with Gasteiger partial charge in [0.15, 0.2) is 0 Å². The van der Waals surface area contributed by atoms with E-state index < -0.39 is 6.43 Å². The third kappa shape index (κ3) is 2.24. The highest BCUT2D eigenvalue weighted by molar-refractivity contribution is 6.17. The van der Waals surface area contributed by atoms with E-state index in [1.54, 1.807) is 7.05 Å². The second-order valence-electron chi connectivity index (χ2n) is 2.29. The van der Waals surface area contributed by atoms with Gasteiger partial charge in [0, 0.05) is 18.8 Å². The molecule has 1 heterocycles. The Kier molecular flexibility index (Phi) is 3.36. The fourth-order valence-electron chi connectivity index (χ4n) is 0.832. The lowest BCUT2D eigenvalue weighted by molar-refractivity contribution is 0.145. The van der Waals surface area contributed by atoms with Gasteiger partial charge in [-0.1, -0.05) is 0 Å². The summed E-state index contributed by atoms with van der Waals surface area (Å²) < 4.78 is 24.7. The summed E-state index contributed by atoms with van der Waals surface area (Å²) in [6.07, 6.45) is -1.32. The molecule has 0 aliphatic rings. The van der Waals surface area contributed by atoms with E-state index in [0.717, 1.165) is 0 Å². The average molecular weight is 208 g/mol. The Morgan fingerprint density at radius 2 is 2.31 bits per heavy atom. The molecule has 0 fully saturated rings. The summed E-state index contributed by atoms with van der Waals surface area (Å²) in [4.78, 5) is 7.38. The average Bonchev–Trinajstić information content (AvgIpc) is 2.16. The Hall–Kier alpha value is -0.970. The minimum atomic E-state index is -2.62. The molecule has 0 atom stereocenters. The van der Waals surface area contributed by atoms with Crippen LogP contribution >= 0.6 is 11.6 Å². The van der Waals surface area contributed by atoms with E-state index in [9.17, 15) is 8.78 Å². The fourth-order valence-corrected chi connectivity index (χ4v) is 1.04. The Labute approximate surface area is 79.1 Å². The van der Waals surface area contributed by atoms with Gasteiger partial charge in [0.1, 0.15) is 5.69 Å². The van der Waals surface area contributed by atoms with Gasteiger partial charge < -0.3 is 5.32 Å². The number of alkyl halides is 3. The molecular weight excluding hydrogens is 200 g/mol. The van der Waals surface area contributed by atoms with Crippen LogP contribution in [0.25, 0.3) is 0 Å². The highest BCUT2D eigenvalue weighted by Crippen LogP contribution is 2.22. The fraction of sp³-hybridized carbons (Fsp3) is 0.429. The van der Waals surface area contributed by atoms with Crippen LogP contribution in [0.4, 0.5) is 14.7 Å². The van der Waals surface area contributed by atoms with E-state index in [4.69, 9.17) is 11.6 Å². The Morgan fingerprint density at radius 1 is 1.62 bits per heavy atom. The van der Waals surface area contributed by atoms with Crippen LogP contribution in [0.3, 0.4) is 0 Å². The molecule has 6 heteroatoms. The number of hydrogen-bond acceptors (Lipinski definition) is 3. The summed E-state index contributed by atoms with van der Waals surface area (Å²) in [5.74, 6) is 0.160. The molecule has 72 valence electrons. The van der Waals surface area contributed by atoms with Crippen LogP contribution in [0.5, 0.6) is 0 Å². The van der Waals surface area contributed by atoms with E-state index in [-0.39, 0.29) is 23.1 Å². The van der Waals surface area contributed by atoms with Gasteiger partial charge in [-0.2, -0.15) is 0 Å². The van der Waals surface area contributed by atoms with Crippen LogP contribution in [-0.2, 0) is 5.88 Å². The number of anilines is 1. The quantitative estimate of drug-likeness (QED) is 0.773. The number of rotatable bonds is 3. The van der Waals surface area contributed by atoms with Gasteiger partial charge in [-0.15, -0.1) is 11.6 Å². The first-order valence-electron chi connectivity index (χ1n) is 3.56. The molecule has 0 aliphatic carbocycles. The smallest absolute Gasteiger partial charge is 0.280 e. The van der Waals surface area contributed by atoms with Gasteiger partial charge in [-0.3, -0.25) is 0 Å². The highest BCUT2D eigenvalue weighted by Gasteiger charge is 2.15. The maximum atomic E-state index is 12.4. The second kappa shape index (κ2) is 4.32. The van der Waals surface area contributed by atoms with Crippen molar-refractivity contribution >= 4 is 17.5 Å². The van der Waals surface area contributed by atoms with Crippen LogP contribution in [0.15, 0.2) is 6.20 Å². The predicted octanol–water partition coefficient (Wildman–Crippen LogP) is 2.19. The van der Waals surface area contributed by atoms with Crippen molar-refractivity contribution in [2.45, 2.75) is 12.3 Å². The molecule has 0 saturated carbocycles. The molecule has 1 N–H and O–H groups in total. The summed E-state index contributed by atoms with van der Waals surface area (Å²) >= 11 is 5.44. The Morgan fingerprint density at radius 3 is 2.77 bits per heavy atom. The zero-order chi connectivity index (χ0) is 9.84. The molecule has 0 saturated heterocycles. The van der Waals surface area contributed by atoms with E-state index >= 15 is 0 Å². The van der Waals surface area contributed by atoms with Crippen LogP contribution in [-0.4, -0.2) is 17.0 Å². The standard InChI is InChI=1S/C7H8ClF2N3/c1-11-7-12-3-4(2-8)5(13-7)6(9)10/h3,6H,2H2,1H3,(H,11,12,13). The normalized spacial score (nSPS) is 10.5. The zero-order valence-corrected chi connectivity index (χ0v) is 7.65. The third-order valence-corrected chi connectivity index (χ3v) is 1.76. The minimum Gasteiger partial charge on any atom is -0.357 e. The van der Waals surface area contributed by atoms with Crippen molar-refractivity contribution in [2.75, 3.05) is 12.4 Å². The highest BCUT2D eigenvalue weighted by atomic mass is 35.5. The molecule has 0 spiro atoms. The van der Waals surface area contributed by atoms with Gasteiger partial charge in [-0.05, 0) is 0 Å². The van der Waals surface area contributed by atoms with E-state index in [2.05, 4.69) is 15.3 Å². The molecule has 0 aliphatic heterocycles. The summed E-state index contributed by atoms with van der Waals surface area (Å²) in [5.41, 5.74) is -0.0509. The summed E-state index contributed by atoms with van der Waals surface area (Å²) in [6.45, 7) is 0. The van der Waals surface area contributed by atoms with Crippen molar-refractivity contribution in [1.29, 1.82) is 0 Å². The molecular formula is C7H8ClF2N3. The van der Waals surface area contributed by atoms with E-state index in [0.29, 0.717) is 0 Å². The van der Waals surface area contributed by atoms with Gasteiger partial charge in [0.2, 0.25) is 5.95 Å². The summed E-state index contributed by atoms with van der Waals surface area (Å²) in [6, 6.07) is 0. The SMILES string of the molecule is CNc1ncc(CCl)c(C(F)F)n1. The first-order valence-corrected chi connectivity index (χ1v) is 4.10. The van der Waals surface area contributed by atoms with Crippen LogP contribution < -0.4 is 5.32 Å². The van der Waals surface area contributed by atoms with E-state index in [1.807, 2.05) is 0 Å². The molecule has 1 aromatic heterocycles. The van der Waals surface area contributed by atoms with Gasteiger partial charge in [-0.25, -0.2) is 18.7 Å². The van der Waals surface area contributed by atoms with Crippen molar-refractivity contribution in [3.05, 3.63) is 17.5 Å². The minimum absolute atomic E-state index is 0.0103. The Balaban J connectivity index is 3.10. The predicted molar refractivity (Wildman–Crippen MR) is 46.1 cm³/mol. The van der Waals surface area contributed by atoms with Gasteiger partial charge in [0.25, 0.3) is 6.43 Å². The lowest BCUT2D eigenvalue weighted by Crippen LogP contribution is -2.03. The van der Waals surface area contributed by atoms with Crippen molar-refractivity contribution < 1.29 is 8.78 Å². The first-order chi connectivity index (χ1) is 6.19. The molecule has 0 unspecified atom stereocenters. The Bertz CT molecular complexity index is 293. The number of hydrogen-bond donors (Lipinski definition) is 1. The van der Waals surface area contributed by atoms with Crippen LogP contribution in [0, 0.1) is 0 Å². The van der Waals surface area contributed by atoms with Crippen molar-refractivity contribution in [3.8, 4) is 0 Å². The lowest BCUT2D eigenvalue weighted by atomic mass is 10.2. The lowest BCUT2D eigenvalue weighted by Gasteiger charge is -2.06. The molecule has 3 nitrogen and oxygen atoms in total. The number of nitrogens with zero attached hydrogens (tertiary/aromatic N) is 2. The number of aromatic nitrogens is 2.